The van der Waals surface area contributed by atoms with E-state index in [9.17, 15) is 4.79 Å². The van der Waals surface area contributed by atoms with Gasteiger partial charge in [-0.25, -0.2) is 0 Å². The predicted molar refractivity (Wildman–Crippen MR) is 68.6 cm³/mol. The van der Waals surface area contributed by atoms with E-state index in [4.69, 9.17) is 4.74 Å². The van der Waals surface area contributed by atoms with Gasteiger partial charge in [-0.2, -0.15) is 0 Å². The molecular formula is C14H18N2O2. The molecule has 2 heterocycles. The highest BCUT2D eigenvalue weighted by molar-refractivity contribution is 5.85. The van der Waals surface area contributed by atoms with Crippen LogP contribution in [0.15, 0.2) is 18.2 Å². The minimum atomic E-state index is -0.289. The summed E-state index contributed by atoms with van der Waals surface area (Å²) in [5.41, 5.74) is 1.97. The molecule has 1 amide bonds. The fourth-order valence-electron chi connectivity index (χ4n) is 2.71. The quantitative estimate of drug-likeness (QED) is 0.782. The zero-order valence-corrected chi connectivity index (χ0v) is 10.7. The van der Waals surface area contributed by atoms with Crippen LogP contribution in [-0.2, 0) is 11.2 Å². The summed E-state index contributed by atoms with van der Waals surface area (Å²) < 4.78 is 6.01. The van der Waals surface area contributed by atoms with Gasteiger partial charge in [0.25, 0.3) is 0 Å². The fourth-order valence-corrected chi connectivity index (χ4v) is 2.71. The van der Waals surface area contributed by atoms with Gasteiger partial charge in [-0.05, 0) is 19.4 Å². The topological polar surface area (TPSA) is 50.4 Å². The third kappa shape index (κ3) is 1.86. The lowest BCUT2D eigenvalue weighted by Gasteiger charge is -2.26. The highest BCUT2D eigenvalue weighted by Gasteiger charge is 2.35. The van der Waals surface area contributed by atoms with Crippen molar-refractivity contribution in [2.45, 2.75) is 31.9 Å². The number of hydrogen-bond donors (Lipinski definition) is 2. The van der Waals surface area contributed by atoms with Gasteiger partial charge in [-0.1, -0.05) is 18.2 Å². The third-order valence-corrected chi connectivity index (χ3v) is 3.47. The molecule has 96 valence electrons. The van der Waals surface area contributed by atoms with Gasteiger partial charge in [0.05, 0.1) is 0 Å². The Labute approximate surface area is 107 Å². The van der Waals surface area contributed by atoms with E-state index < -0.39 is 0 Å². The monoisotopic (exact) mass is 246 g/mol. The number of hydrogen-bond acceptors (Lipinski definition) is 3. The van der Waals surface area contributed by atoms with Crippen molar-refractivity contribution in [1.29, 1.82) is 0 Å². The molecule has 4 nitrogen and oxygen atoms in total. The van der Waals surface area contributed by atoms with Gasteiger partial charge in [-0.3, -0.25) is 4.79 Å². The van der Waals surface area contributed by atoms with Crippen LogP contribution in [0.3, 0.4) is 0 Å². The van der Waals surface area contributed by atoms with Crippen molar-refractivity contribution in [1.82, 2.24) is 10.6 Å². The van der Waals surface area contributed by atoms with Crippen LogP contribution < -0.4 is 15.4 Å². The summed E-state index contributed by atoms with van der Waals surface area (Å²) in [6, 6.07) is 5.77. The highest BCUT2D eigenvalue weighted by atomic mass is 16.5. The first kappa shape index (κ1) is 11.5. The Kier molecular flexibility index (Phi) is 2.55. The maximum Gasteiger partial charge on any atom is 0.241 e. The van der Waals surface area contributed by atoms with E-state index in [-0.39, 0.29) is 17.6 Å². The van der Waals surface area contributed by atoms with Gasteiger partial charge in [-0.15, -0.1) is 0 Å². The first-order chi connectivity index (χ1) is 8.57. The molecule has 0 bridgehead atoms. The molecule has 2 N–H and O–H groups in total. The summed E-state index contributed by atoms with van der Waals surface area (Å²) in [6.07, 6.45) is 0.893. The van der Waals surface area contributed by atoms with Gasteiger partial charge in [0.1, 0.15) is 17.4 Å². The van der Waals surface area contributed by atoms with E-state index in [1.807, 2.05) is 12.1 Å². The van der Waals surface area contributed by atoms with E-state index in [0.717, 1.165) is 24.3 Å². The maximum absolute atomic E-state index is 11.9. The van der Waals surface area contributed by atoms with Gasteiger partial charge in [0.15, 0.2) is 0 Å². The van der Waals surface area contributed by atoms with Gasteiger partial charge in [0, 0.05) is 25.1 Å². The van der Waals surface area contributed by atoms with Crippen molar-refractivity contribution in [3.8, 4) is 5.75 Å². The van der Waals surface area contributed by atoms with Crippen molar-refractivity contribution in [3.05, 3.63) is 29.3 Å². The largest absolute Gasteiger partial charge is 0.487 e. The van der Waals surface area contributed by atoms with Crippen LogP contribution in [0, 0.1) is 0 Å². The van der Waals surface area contributed by atoms with E-state index in [0.29, 0.717) is 6.54 Å². The summed E-state index contributed by atoms with van der Waals surface area (Å²) in [5, 5.41) is 6.14. The molecule has 4 heteroatoms. The van der Waals surface area contributed by atoms with Gasteiger partial charge < -0.3 is 15.4 Å². The number of para-hydroxylation sites is 1. The number of carbonyl (C=O) groups is 1. The summed E-state index contributed by atoms with van der Waals surface area (Å²) in [5.74, 6) is 0.917. The molecule has 1 atom stereocenters. The molecule has 0 saturated carbocycles. The van der Waals surface area contributed by atoms with E-state index in [1.165, 1.54) is 5.56 Å². The summed E-state index contributed by atoms with van der Waals surface area (Å²) in [7, 11) is 0. The molecule has 0 radical (unpaired) electrons. The van der Waals surface area contributed by atoms with Crippen LogP contribution in [0.5, 0.6) is 5.75 Å². The average Bonchev–Trinajstić information content (AvgIpc) is 2.63. The number of carbonyl (C=O) groups excluding carboxylic acids is 1. The Bertz CT molecular complexity index is 497. The van der Waals surface area contributed by atoms with Crippen LogP contribution in [0.25, 0.3) is 0 Å². The van der Waals surface area contributed by atoms with E-state index in [1.54, 1.807) is 0 Å². The fraction of sp³-hybridized carbons (Fsp3) is 0.500. The Morgan fingerprint density at radius 3 is 2.94 bits per heavy atom. The van der Waals surface area contributed by atoms with Crippen molar-refractivity contribution in [2.24, 2.45) is 0 Å². The second-order valence-electron chi connectivity index (χ2n) is 5.55. The molecule has 0 aromatic heterocycles. The SMILES string of the molecule is CC1(C)Cc2cccc([C@H]3NCCNC3=O)c2O1. The lowest BCUT2D eigenvalue weighted by atomic mass is 9.97. The number of rotatable bonds is 1. The normalized spacial score (nSPS) is 25.2. The summed E-state index contributed by atoms with van der Waals surface area (Å²) in [6.45, 7) is 5.64. The van der Waals surface area contributed by atoms with Crippen LogP contribution in [0.2, 0.25) is 0 Å². The van der Waals surface area contributed by atoms with Crippen molar-refractivity contribution >= 4 is 5.91 Å². The average molecular weight is 246 g/mol. The van der Waals surface area contributed by atoms with E-state index in [2.05, 4.69) is 30.5 Å². The van der Waals surface area contributed by atoms with Gasteiger partial charge >= 0.3 is 0 Å². The van der Waals surface area contributed by atoms with E-state index >= 15 is 0 Å². The molecule has 0 spiro atoms. The molecule has 1 aromatic rings. The molecule has 1 saturated heterocycles. The van der Waals surface area contributed by atoms with Crippen molar-refractivity contribution < 1.29 is 9.53 Å². The van der Waals surface area contributed by atoms with Crippen molar-refractivity contribution in [2.75, 3.05) is 13.1 Å². The van der Waals surface area contributed by atoms with Gasteiger partial charge in [0.2, 0.25) is 5.91 Å². The zero-order chi connectivity index (χ0) is 12.8. The Hall–Kier alpha value is -1.55. The highest BCUT2D eigenvalue weighted by Crippen LogP contribution is 2.40. The molecule has 0 aliphatic carbocycles. The smallest absolute Gasteiger partial charge is 0.241 e. The maximum atomic E-state index is 11.9. The molecular weight excluding hydrogens is 228 g/mol. The van der Waals surface area contributed by atoms with Crippen LogP contribution in [0.1, 0.15) is 31.0 Å². The molecule has 2 aliphatic rings. The predicted octanol–water partition coefficient (Wildman–Crippen LogP) is 1.16. The number of fused-ring (bicyclic) bond motifs is 1. The number of piperazine rings is 1. The second-order valence-corrected chi connectivity index (χ2v) is 5.55. The molecule has 3 rings (SSSR count). The zero-order valence-electron chi connectivity index (χ0n) is 10.7. The lowest BCUT2D eigenvalue weighted by Crippen LogP contribution is -2.47. The minimum absolute atomic E-state index is 0.0305. The molecule has 1 aromatic carbocycles. The van der Waals surface area contributed by atoms with Crippen molar-refractivity contribution in [3.63, 3.8) is 0 Å². The number of nitrogens with one attached hydrogen (secondary N) is 2. The summed E-state index contributed by atoms with van der Waals surface area (Å²) in [4.78, 5) is 11.9. The summed E-state index contributed by atoms with van der Waals surface area (Å²) >= 11 is 0. The Morgan fingerprint density at radius 1 is 1.33 bits per heavy atom. The van der Waals surface area contributed by atoms with Crippen LogP contribution >= 0.6 is 0 Å². The lowest BCUT2D eigenvalue weighted by molar-refractivity contribution is -0.124. The second kappa shape index (κ2) is 3.99. The number of amides is 1. The molecule has 2 aliphatic heterocycles. The van der Waals surface area contributed by atoms with Crippen LogP contribution in [0.4, 0.5) is 0 Å². The standard InChI is InChI=1S/C14H18N2O2/c1-14(2)8-9-4-3-5-10(12(9)18-14)11-13(17)16-7-6-15-11/h3-5,11,15H,6-8H2,1-2H3,(H,16,17)/t11-/m1/s1. The number of ether oxygens (including phenoxy) is 1. The Morgan fingerprint density at radius 2 is 2.17 bits per heavy atom. The van der Waals surface area contributed by atoms with Crippen LogP contribution in [-0.4, -0.2) is 24.6 Å². The first-order valence-electron chi connectivity index (χ1n) is 6.39. The minimum Gasteiger partial charge on any atom is -0.487 e. The molecule has 0 unspecified atom stereocenters. The molecule has 1 fully saturated rings. The Balaban J connectivity index is 1.99. The third-order valence-electron chi connectivity index (χ3n) is 3.47. The number of benzene rings is 1. The molecule has 18 heavy (non-hydrogen) atoms. The first-order valence-corrected chi connectivity index (χ1v) is 6.39.